The van der Waals surface area contributed by atoms with E-state index < -0.39 is 20.4 Å². The molecule has 13 heavy (non-hydrogen) atoms. The van der Waals surface area contributed by atoms with Crippen LogP contribution in [0.2, 0.25) is 0 Å². The summed E-state index contributed by atoms with van der Waals surface area (Å²) in [4.78, 5) is 16.7. The van der Waals surface area contributed by atoms with E-state index in [1.807, 2.05) is 0 Å². The van der Waals surface area contributed by atoms with E-state index in [0.29, 0.717) is 0 Å². The van der Waals surface area contributed by atoms with Gasteiger partial charge in [-0.2, -0.15) is 0 Å². The molecule has 0 fully saturated rings. The average Bonchev–Trinajstić information content (AvgIpc) is 2.04. The Morgan fingerprint density at radius 3 is 2.77 bits per heavy atom. The summed E-state index contributed by atoms with van der Waals surface area (Å²) < 4.78 is 22.6. The van der Waals surface area contributed by atoms with Crippen molar-refractivity contribution in [3.05, 3.63) is 22.7 Å². The number of hydrogen-bond acceptors (Lipinski definition) is 4. The first kappa shape index (κ1) is 10.2. The summed E-state index contributed by atoms with van der Waals surface area (Å²) >= 11 is 5.27. The topological polar surface area (TPSA) is 79.9 Å². The van der Waals surface area contributed by atoms with Crippen molar-refractivity contribution in [3.63, 3.8) is 0 Å². The molecule has 1 rings (SSSR count). The lowest BCUT2D eigenvalue weighted by molar-refractivity contribution is 0.591. The van der Waals surface area contributed by atoms with E-state index >= 15 is 0 Å². The molecule has 0 aliphatic rings. The maximum Gasteiger partial charge on any atom is 0.285 e. The van der Waals surface area contributed by atoms with E-state index in [4.69, 9.17) is 11.6 Å². The highest BCUT2D eigenvalue weighted by atomic mass is 35.5. The zero-order valence-electron chi connectivity index (χ0n) is 6.53. The number of sulfone groups is 1. The molecule has 1 N–H and O–H groups in total. The van der Waals surface area contributed by atoms with E-state index in [9.17, 15) is 13.2 Å². The molecule has 0 bridgehead atoms. The van der Waals surface area contributed by atoms with Crippen molar-refractivity contribution in [3.8, 4) is 0 Å². The first-order valence-corrected chi connectivity index (χ1v) is 5.59. The third kappa shape index (κ3) is 2.28. The quantitative estimate of drug-likeness (QED) is 0.718. The molecule has 0 saturated carbocycles. The molecule has 72 valence electrons. The summed E-state index contributed by atoms with van der Waals surface area (Å²) in [6, 6.07) is 0. The van der Waals surface area contributed by atoms with Crippen LogP contribution in [0.1, 0.15) is 0 Å². The molecule has 0 aliphatic heterocycles. The number of hydrogen-bond donors (Lipinski definition) is 1. The van der Waals surface area contributed by atoms with Crippen LogP contribution in [-0.4, -0.2) is 30.0 Å². The molecule has 0 aromatic carbocycles. The number of nitrogens with one attached hydrogen (secondary N) is 1. The number of alkyl halides is 1. The second kappa shape index (κ2) is 3.89. The van der Waals surface area contributed by atoms with E-state index in [1.165, 1.54) is 12.4 Å². The van der Waals surface area contributed by atoms with Crippen molar-refractivity contribution in [1.29, 1.82) is 0 Å². The van der Waals surface area contributed by atoms with Gasteiger partial charge in [0.15, 0.2) is 0 Å². The van der Waals surface area contributed by atoms with Gasteiger partial charge in [-0.25, -0.2) is 13.4 Å². The zero-order valence-corrected chi connectivity index (χ0v) is 8.10. The second-order valence-electron chi connectivity index (χ2n) is 2.23. The van der Waals surface area contributed by atoms with E-state index in [2.05, 4.69) is 9.97 Å². The standard InChI is InChI=1S/C6H7ClN2O3S/c7-1-4-13(11,12)6-5(10)8-2-3-9-6/h2-3H,1,4H2,(H,8,10). The Kier molecular flexibility index (Phi) is 3.05. The van der Waals surface area contributed by atoms with Crippen LogP contribution in [-0.2, 0) is 9.84 Å². The van der Waals surface area contributed by atoms with Gasteiger partial charge in [0, 0.05) is 18.3 Å². The molecule has 0 radical (unpaired) electrons. The summed E-state index contributed by atoms with van der Waals surface area (Å²) in [6.07, 6.45) is 2.48. The molecule has 0 unspecified atom stereocenters. The molecule has 0 saturated heterocycles. The molecule has 0 aliphatic carbocycles. The normalized spacial score (nSPS) is 11.5. The van der Waals surface area contributed by atoms with Crippen LogP contribution in [0.4, 0.5) is 0 Å². The lowest BCUT2D eigenvalue weighted by Gasteiger charge is -1.97. The minimum absolute atomic E-state index is 0.0572. The van der Waals surface area contributed by atoms with Crippen molar-refractivity contribution in [2.75, 3.05) is 11.6 Å². The van der Waals surface area contributed by atoms with Gasteiger partial charge in [-0.3, -0.25) is 4.79 Å². The number of rotatable bonds is 3. The Morgan fingerprint density at radius 1 is 1.54 bits per heavy atom. The van der Waals surface area contributed by atoms with Crippen molar-refractivity contribution in [2.24, 2.45) is 0 Å². The van der Waals surface area contributed by atoms with Crippen LogP contribution in [0.25, 0.3) is 0 Å². The molecule has 0 atom stereocenters. The first-order valence-electron chi connectivity index (χ1n) is 3.40. The van der Waals surface area contributed by atoms with Gasteiger partial charge in [0.25, 0.3) is 5.56 Å². The second-order valence-corrected chi connectivity index (χ2v) is 4.63. The van der Waals surface area contributed by atoms with Crippen molar-refractivity contribution in [1.82, 2.24) is 9.97 Å². The number of nitrogens with zero attached hydrogens (tertiary/aromatic N) is 1. The van der Waals surface area contributed by atoms with E-state index in [0.717, 1.165) is 0 Å². The number of halogens is 1. The molecule has 0 spiro atoms. The predicted molar refractivity (Wildman–Crippen MR) is 47.6 cm³/mol. The molecule has 0 amide bonds. The lowest BCUT2D eigenvalue weighted by Crippen LogP contribution is -2.21. The zero-order chi connectivity index (χ0) is 9.90. The average molecular weight is 223 g/mol. The van der Waals surface area contributed by atoms with E-state index in [1.54, 1.807) is 0 Å². The maximum atomic E-state index is 11.3. The molecular formula is C6H7ClN2O3S. The number of H-pyrrole nitrogens is 1. The molecule has 1 aromatic rings. The highest BCUT2D eigenvalue weighted by Crippen LogP contribution is 2.00. The van der Waals surface area contributed by atoms with Gasteiger partial charge in [0.05, 0.1) is 5.75 Å². The smallest absolute Gasteiger partial charge is 0.285 e. The molecule has 5 nitrogen and oxygen atoms in total. The molecular weight excluding hydrogens is 216 g/mol. The minimum atomic E-state index is -3.63. The Balaban J connectivity index is 3.24. The van der Waals surface area contributed by atoms with Gasteiger partial charge in [0.2, 0.25) is 14.9 Å². The SMILES string of the molecule is O=c1[nH]ccnc1S(=O)(=O)CCCl. The van der Waals surface area contributed by atoms with Gasteiger partial charge >= 0.3 is 0 Å². The summed E-state index contributed by atoms with van der Waals surface area (Å²) in [5.74, 6) is -0.340. The molecule has 1 heterocycles. The molecule has 7 heteroatoms. The van der Waals surface area contributed by atoms with Crippen LogP contribution >= 0.6 is 11.6 Å². The minimum Gasteiger partial charge on any atom is -0.325 e. The Hall–Kier alpha value is -0.880. The highest BCUT2D eigenvalue weighted by Gasteiger charge is 2.18. The summed E-state index contributed by atoms with van der Waals surface area (Å²) in [6.45, 7) is 0. The summed E-state index contributed by atoms with van der Waals surface area (Å²) in [5.41, 5.74) is -0.715. The summed E-state index contributed by atoms with van der Waals surface area (Å²) in [5, 5.41) is -0.476. The fourth-order valence-corrected chi connectivity index (χ4v) is 2.33. The van der Waals surface area contributed by atoms with Crippen LogP contribution in [0, 0.1) is 0 Å². The van der Waals surface area contributed by atoms with Crippen molar-refractivity contribution in [2.45, 2.75) is 5.03 Å². The van der Waals surface area contributed by atoms with Gasteiger partial charge in [-0.1, -0.05) is 0 Å². The van der Waals surface area contributed by atoms with Crippen LogP contribution in [0.15, 0.2) is 22.2 Å². The van der Waals surface area contributed by atoms with E-state index in [-0.39, 0.29) is 11.6 Å². The monoisotopic (exact) mass is 222 g/mol. The highest BCUT2D eigenvalue weighted by molar-refractivity contribution is 7.91. The van der Waals surface area contributed by atoms with Gasteiger partial charge in [0.1, 0.15) is 0 Å². The van der Waals surface area contributed by atoms with Gasteiger partial charge in [-0.05, 0) is 0 Å². The van der Waals surface area contributed by atoms with Crippen molar-refractivity contribution < 1.29 is 8.42 Å². The van der Waals surface area contributed by atoms with Gasteiger partial charge < -0.3 is 4.98 Å². The predicted octanol–water partition coefficient (Wildman–Crippen LogP) is -0.218. The third-order valence-electron chi connectivity index (χ3n) is 1.32. The fraction of sp³-hybridized carbons (Fsp3) is 0.333. The van der Waals surface area contributed by atoms with Crippen LogP contribution in [0.3, 0.4) is 0 Å². The van der Waals surface area contributed by atoms with Crippen LogP contribution in [0.5, 0.6) is 0 Å². The van der Waals surface area contributed by atoms with Gasteiger partial charge in [-0.15, -0.1) is 11.6 Å². The van der Waals surface area contributed by atoms with Crippen molar-refractivity contribution >= 4 is 21.4 Å². The number of aromatic amines is 1. The Labute approximate surface area is 79.7 Å². The molecule has 1 aromatic heterocycles. The fourth-order valence-electron chi connectivity index (χ4n) is 0.758. The number of aromatic nitrogens is 2. The Morgan fingerprint density at radius 2 is 2.23 bits per heavy atom. The maximum absolute atomic E-state index is 11.3. The largest absolute Gasteiger partial charge is 0.325 e. The van der Waals surface area contributed by atoms with Crippen LogP contribution < -0.4 is 5.56 Å². The lowest BCUT2D eigenvalue weighted by atomic mass is 10.7. The summed E-state index contributed by atoms with van der Waals surface area (Å²) in [7, 11) is -3.63. The first-order chi connectivity index (χ1) is 6.08. The third-order valence-corrected chi connectivity index (χ3v) is 3.35. The Bertz CT molecular complexity index is 439.